The number of pyridine rings is 1. The van der Waals surface area contributed by atoms with Crippen LogP contribution in [0.1, 0.15) is 49.9 Å². The summed E-state index contributed by atoms with van der Waals surface area (Å²) in [5.74, 6) is -3.82. The monoisotopic (exact) mass is 621 g/mol. The minimum absolute atomic E-state index is 0.00354. The Labute approximate surface area is 259 Å². The lowest BCUT2D eigenvalue weighted by atomic mass is 9.99. The van der Waals surface area contributed by atoms with Crippen LogP contribution in [-0.2, 0) is 4.74 Å². The molecule has 0 aliphatic heterocycles. The number of hydrogen-bond donors (Lipinski definition) is 2. The second-order valence-electron chi connectivity index (χ2n) is 11.3. The summed E-state index contributed by atoms with van der Waals surface area (Å²) in [4.78, 5) is 12.7. The second kappa shape index (κ2) is 13.9. The zero-order chi connectivity index (χ0) is 32.9. The standard InChI is InChI=1S/C35H35F4N3O3/c1-21(26-13-12-24(36)18-28(26)37)27-14-15-31(43)42(34(27)40)33-29(38)19-25(20-30(33)39)44-17-9-16-41-32(22(2)45-35(3,4)5)23-10-7-6-8-11-23/h6-8,10-15,18-20,32,41H,1-2,9,16-17,40H2,3-5H3/t32-/m1/s1. The van der Waals surface area contributed by atoms with Gasteiger partial charge in [-0.1, -0.05) is 43.5 Å². The third kappa shape index (κ3) is 8.02. The van der Waals surface area contributed by atoms with Crippen molar-refractivity contribution in [1.29, 1.82) is 0 Å². The van der Waals surface area contributed by atoms with Crippen molar-refractivity contribution < 1.29 is 27.0 Å². The van der Waals surface area contributed by atoms with Gasteiger partial charge in [-0.25, -0.2) is 17.6 Å². The third-order valence-corrected chi connectivity index (χ3v) is 6.76. The van der Waals surface area contributed by atoms with Gasteiger partial charge in [0.1, 0.15) is 40.2 Å². The lowest BCUT2D eigenvalue weighted by Crippen LogP contribution is -2.29. The van der Waals surface area contributed by atoms with Crippen molar-refractivity contribution in [3.63, 3.8) is 0 Å². The number of rotatable bonds is 12. The molecule has 4 rings (SSSR count). The average Bonchev–Trinajstić information content (AvgIpc) is 2.95. The predicted octanol–water partition coefficient (Wildman–Crippen LogP) is 7.47. The van der Waals surface area contributed by atoms with E-state index in [9.17, 15) is 13.6 Å². The molecule has 0 amide bonds. The normalized spacial score (nSPS) is 12.1. The van der Waals surface area contributed by atoms with E-state index in [4.69, 9.17) is 15.2 Å². The molecule has 0 aliphatic rings. The molecule has 1 heterocycles. The van der Waals surface area contributed by atoms with Gasteiger partial charge in [0.15, 0.2) is 11.6 Å². The van der Waals surface area contributed by atoms with Crippen molar-refractivity contribution in [1.82, 2.24) is 9.88 Å². The van der Waals surface area contributed by atoms with Crippen LogP contribution in [0.4, 0.5) is 23.4 Å². The maximum Gasteiger partial charge on any atom is 0.256 e. The summed E-state index contributed by atoms with van der Waals surface area (Å²) < 4.78 is 70.7. The number of benzene rings is 3. The van der Waals surface area contributed by atoms with E-state index in [2.05, 4.69) is 18.5 Å². The van der Waals surface area contributed by atoms with Crippen LogP contribution in [0.25, 0.3) is 11.3 Å². The van der Waals surface area contributed by atoms with Crippen LogP contribution < -0.4 is 21.3 Å². The molecule has 3 N–H and O–H groups in total. The van der Waals surface area contributed by atoms with Crippen molar-refractivity contribution in [2.24, 2.45) is 0 Å². The zero-order valence-corrected chi connectivity index (χ0v) is 25.3. The number of nitrogens with zero attached hydrogens (tertiary/aromatic N) is 1. The fourth-order valence-electron chi connectivity index (χ4n) is 4.78. The molecule has 0 spiro atoms. The molecule has 0 radical (unpaired) electrons. The van der Waals surface area contributed by atoms with Gasteiger partial charge in [0, 0.05) is 35.4 Å². The van der Waals surface area contributed by atoms with Crippen molar-refractivity contribution in [3.05, 3.63) is 142 Å². The number of nitrogens with two attached hydrogens (primary N) is 1. The molecule has 1 aromatic heterocycles. The van der Waals surface area contributed by atoms with Crippen molar-refractivity contribution >= 4 is 11.4 Å². The van der Waals surface area contributed by atoms with Crippen LogP contribution >= 0.6 is 0 Å². The highest BCUT2D eigenvalue weighted by Crippen LogP contribution is 2.31. The van der Waals surface area contributed by atoms with Gasteiger partial charge in [-0.15, -0.1) is 0 Å². The van der Waals surface area contributed by atoms with Crippen LogP contribution in [0, 0.1) is 23.3 Å². The molecule has 4 aromatic rings. The molecule has 236 valence electrons. The molecular weight excluding hydrogens is 586 g/mol. The number of nitrogens with one attached hydrogen (secondary N) is 1. The summed E-state index contributed by atoms with van der Waals surface area (Å²) >= 11 is 0. The lowest BCUT2D eigenvalue weighted by Gasteiger charge is -2.29. The molecule has 6 nitrogen and oxygen atoms in total. The lowest BCUT2D eigenvalue weighted by molar-refractivity contribution is 0.0397. The molecule has 0 fully saturated rings. The van der Waals surface area contributed by atoms with Crippen LogP contribution in [0.15, 0.2) is 96.5 Å². The van der Waals surface area contributed by atoms with E-state index >= 15 is 8.78 Å². The highest BCUT2D eigenvalue weighted by molar-refractivity contribution is 5.83. The molecule has 1 atom stereocenters. The van der Waals surface area contributed by atoms with Crippen LogP contribution in [0.5, 0.6) is 5.75 Å². The summed E-state index contributed by atoms with van der Waals surface area (Å²) in [5.41, 5.74) is 5.09. The van der Waals surface area contributed by atoms with Gasteiger partial charge in [0.05, 0.1) is 12.6 Å². The summed E-state index contributed by atoms with van der Waals surface area (Å²) in [5, 5.41) is 3.39. The molecule has 0 saturated heterocycles. The van der Waals surface area contributed by atoms with Gasteiger partial charge in [-0.3, -0.25) is 9.36 Å². The summed E-state index contributed by atoms with van der Waals surface area (Å²) in [7, 11) is 0. The average molecular weight is 622 g/mol. The van der Waals surface area contributed by atoms with E-state index in [1.165, 1.54) is 6.07 Å². The number of anilines is 1. The van der Waals surface area contributed by atoms with Gasteiger partial charge in [0.2, 0.25) is 0 Å². The highest BCUT2D eigenvalue weighted by Gasteiger charge is 2.23. The van der Waals surface area contributed by atoms with Crippen LogP contribution in [-0.4, -0.2) is 23.3 Å². The molecule has 45 heavy (non-hydrogen) atoms. The maximum atomic E-state index is 15.3. The molecule has 0 bridgehead atoms. The first-order valence-electron chi connectivity index (χ1n) is 14.2. The summed E-state index contributed by atoms with van der Waals surface area (Å²) in [6.45, 7) is 14.3. The van der Waals surface area contributed by atoms with Crippen LogP contribution in [0.2, 0.25) is 0 Å². The van der Waals surface area contributed by atoms with Crippen molar-refractivity contribution in [2.45, 2.75) is 38.8 Å². The molecule has 0 unspecified atom stereocenters. The van der Waals surface area contributed by atoms with Gasteiger partial charge in [-0.05, 0) is 63.1 Å². The summed E-state index contributed by atoms with van der Waals surface area (Å²) in [6.07, 6.45) is 0.480. The Morgan fingerprint density at radius 3 is 2.18 bits per heavy atom. The minimum Gasteiger partial charge on any atom is -0.493 e. The Morgan fingerprint density at radius 2 is 1.56 bits per heavy atom. The number of ether oxygens (including phenoxy) is 2. The predicted molar refractivity (Wildman–Crippen MR) is 168 cm³/mol. The Bertz CT molecular complexity index is 1740. The van der Waals surface area contributed by atoms with Gasteiger partial charge in [0.25, 0.3) is 5.56 Å². The first-order valence-corrected chi connectivity index (χ1v) is 14.2. The topological polar surface area (TPSA) is 78.5 Å². The van der Waals surface area contributed by atoms with Crippen LogP contribution in [0.3, 0.4) is 0 Å². The number of nitrogen functional groups attached to an aromatic ring is 1. The van der Waals surface area contributed by atoms with E-state index in [1.54, 1.807) is 0 Å². The van der Waals surface area contributed by atoms with Crippen molar-refractivity contribution in [3.8, 4) is 11.4 Å². The smallest absolute Gasteiger partial charge is 0.256 e. The Morgan fingerprint density at radius 1 is 0.911 bits per heavy atom. The van der Waals surface area contributed by atoms with E-state index < -0.39 is 40.1 Å². The Hall–Kier alpha value is -4.83. The van der Waals surface area contributed by atoms with Crippen molar-refractivity contribution in [2.75, 3.05) is 18.9 Å². The van der Waals surface area contributed by atoms with Gasteiger partial charge in [-0.2, -0.15) is 0 Å². The SMILES string of the molecule is C=C(c1ccc(F)cc1F)c1ccc(=O)n(-c2c(F)cc(OCCCN[C@H](C(=C)OC(C)(C)C)c3ccccc3)cc2F)c1N. The Kier molecular flexibility index (Phi) is 10.2. The highest BCUT2D eigenvalue weighted by atomic mass is 19.1. The quantitative estimate of drug-likeness (QED) is 0.0976. The minimum atomic E-state index is -1.10. The molecule has 0 saturated carbocycles. The fraction of sp³-hybridized carbons (Fsp3) is 0.229. The molecule has 0 aliphatic carbocycles. The fourth-order valence-corrected chi connectivity index (χ4v) is 4.78. The Balaban J connectivity index is 1.47. The first kappa shape index (κ1) is 33.1. The van der Waals surface area contributed by atoms with E-state index in [-0.39, 0.29) is 40.9 Å². The molecule has 10 heteroatoms. The third-order valence-electron chi connectivity index (χ3n) is 6.76. The van der Waals surface area contributed by atoms with E-state index in [1.807, 2.05) is 51.1 Å². The largest absolute Gasteiger partial charge is 0.493 e. The number of aromatic nitrogens is 1. The van der Waals surface area contributed by atoms with E-state index in [0.29, 0.717) is 29.4 Å². The van der Waals surface area contributed by atoms with E-state index in [0.717, 1.165) is 35.9 Å². The number of halogens is 4. The second-order valence-corrected chi connectivity index (χ2v) is 11.3. The molecule has 3 aromatic carbocycles. The zero-order valence-electron chi connectivity index (χ0n) is 25.3. The summed E-state index contributed by atoms with van der Waals surface area (Å²) in [6, 6.07) is 16.4. The molecular formula is C35H35F4N3O3. The maximum absolute atomic E-state index is 15.3. The van der Waals surface area contributed by atoms with Gasteiger partial charge < -0.3 is 20.5 Å². The first-order chi connectivity index (χ1) is 21.3. The number of hydrogen-bond acceptors (Lipinski definition) is 5. The van der Waals surface area contributed by atoms with Gasteiger partial charge >= 0.3 is 0 Å².